The Balaban J connectivity index is 2.03. The molecule has 2 heterocycles. The molecule has 1 amide bonds. The van der Waals surface area contributed by atoms with Crippen molar-refractivity contribution in [3.05, 3.63) is 22.8 Å². The molecule has 1 aliphatic heterocycles. The average Bonchev–Trinajstić information content (AvgIpc) is 2.56. The third-order valence-electron chi connectivity index (χ3n) is 1.96. The van der Waals surface area contributed by atoms with Crippen molar-refractivity contribution in [3.8, 4) is 5.88 Å². The van der Waals surface area contributed by atoms with E-state index >= 15 is 0 Å². The van der Waals surface area contributed by atoms with E-state index in [0.717, 1.165) is 4.47 Å². The van der Waals surface area contributed by atoms with Gasteiger partial charge in [-0.2, -0.15) is 0 Å². The summed E-state index contributed by atoms with van der Waals surface area (Å²) in [6.45, 7) is 0.681. The van der Waals surface area contributed by atoms with Gasteiger partial charge in [-0.15, -0.1) is 0 Å². The SMILES string of the molecule is O=C1NCCC1Oc1ccc(Br)cn1. The fraction of sp³-hybridized carbons (Fsp3) is 0.333. The Morgan fingerprint density at radius 1 is 1.57 bits per heavy atom. The van der Waals surface area contributed by atoms with Gasteiger partial charge in [-0.25, -0.2) is 4.98 Å². The summed E-state index contributed by atoms with van der Waals surface area (Å²) in [6, 6.07) is 3.56. The van der Waals surface area contributed by atoms with Crippen LogP contribution < -0.4 is 10.1 Å². The molecule has 1 saturated heterocycles. The second kappa shape index (κ2) is 3.96. The summed E-state index contributed by atoms with van der Waals surface area (Å²) in [7, 11) is 0. The first-order chi connectivity index (χ1) is 6.75. The molecule has 14 heavy (non-hydrogen) atoms. The number of nitrogens with one attached hydrogen (secondary N) is 1. The van der Waals surface area contributed by atoms with Crippen LogP contribution in [-0.2, 0) is 4.79 Å². The largest absolute Gasteiger partial charge is 0.464 e. The van der Waals surface area contributed by atoms with Crippen LogP contribution in [0.4, 0.5) is 0 Å². The summed E-state index contributed by atoms with van der Waals surface area (Å²) in [4.78, 5) is 15.2. The van der Waals surface area contributed by atoms with Gasteiger partial charge in [-0.05, 0) is 22.0 Å². The second-order valence-corrected chi connectivity index (χ2v) is 3.92. The lowest BCUT2D eigenvalue weighted by Gasteiger charge is -2.09. The van der Waals surface area contributed by atoms with Gasteiger partial charge in [0.1, 0.15) is 0 Å². The Labute approximate surface area is 89.8 Å². The monoisotopic (exact) mass is 256 g/mol. The second-order valence-electron chi connectivity index (χ2n) is 3.00. The van der Waals surface area contributed by atoms with E-state index in [2.05, 4.69) is 26.2 Å². The highest BCUT2D eigenvalue weighted by molar-refractivity contribution is 9.10. The number of amides is 1. The molecule has 2 rings (SSSR count). The lowest BCUT2D eigenvalue weighted by molar-refractivity contribution is -0.125. The van der Waals surface area contributed by atoms with E-state index in [0.29, 0.717) is 18.8 Å². The molecule has 0 spiro atoms. The summed E-state index contributed by atoms with van der Waals surface area (Å²) in [5.41, 5.74) is 0. The van der Waals surface area contributed by atoms with Crippen molar-refractivity contribution in [2.75, 3.05) is 6.54 Å². The van der Waals surface area contributed by atoms with E-state index in [-0.39, 0.29) is 12.0 Å². The standard InChI is InChI=1S/C9H9BrN2O2/c10-6-1-2-8(12-5-6)14-7-3-4-11-9(7)13/h1-2,5,7H,3-4H2,(H,11,13). The van der Waals surface area contributed by atoms with Crippen LogP contribution in [0, 0.1) is 0 Å². The van der Waals surface area contributed by atoms with Crippen molar-refractivity contribution in [1.29, 1.82) is 0 Å². The molecule has 1 N–H and O–H groups in total. The molecule has 1 fully saturated rings. The topological polar surface area (TPSA) is 51.2 Å². The van der Waals surface area contributed by atoms with E-state index in [1.165, 1.54) is 0 Å². The lowest BCUT2D eigenvalue weighted by atomic mass is 10.3. The average molecular weight is 257 g/mol. The molecule has 0 radical (unpaired) electrons. The predicted molar refractivity (Wildman–Crippen MR) is 54.0 cm³/mol. The number of aromatic nitrogens is 1. The molecule has 0 bridgehead atoms. The van der Waals surface area contributed by atoms with Crippen LogP contribution in [0.3, 0.4) is 0 Å². The van der Waals surface area contributed by atoms with Crippen LogP contribution in [0.2, 0.25) is 0 Å². The fourth-order valence-corrected chi connectivity index (χ4v) is 1.50. The first-order valence-electron chi connectivity index (χ1n) is 4.31. The van der Waals surface area contributed by atoms with Gasteiger partial charge in [0.05, 0.1) is 0 Å². The molecule has 1 aromatic rings. The number of rotatable bonds is 2. The molecule has 0 aromatic carbocycles. The zero-order valence-corrected chi connectivity index (χ0v) is 8.95. The zero-order chi connectivity index (χ0) is 9.97. The van der Waals surface area contributed by atoms with Crippen molar-refractivity contribution >= 4 is 21.8 Å². The fourth-order valence-electron chi connectivity index (χ4n) is 1.26. The van der Waals surface area contributed by atoms with Crippen LogP contribution in [0.15, 0.2) is 22.8 Å². The summed E-state index contributed by atoms with van der Waals surface area (Å²) in [6.07, 6.45) is 1.96. The molecule has 1 unspecified atom stereocenters. The normalized spacial score (nSPS) is 20.6. The van der Waals surface area contributed by atoms with Gasteiger partial charge in [-0.3, -0.25) is 4.79 Å². The number of halogens is 1. The molecular formula is C9H9BrN2O2. The van der Waals surface area contributed by atoms with E-state index in [9.17, 15) is 4.79 Å². The number of carbonyl (C=O) groups is 1. The van der Waals surface area contributed by atoms with Crippen LogP contribution in [0.5, 0.6) is 5.88 Å². The number of hydrogen-bond donors (Lipinski definition) is 1. The maximum atomic E-state index is 11.2. The van der Waals surface area contributed by atoms with Crippen molar-refractivity contribution in [3.63, 3.8) is 0 Å². The molecule has 0 saturated carbocycles. The van der Waals surface area contributed by atoms with Gasteiger partial charge in [-0.1, -0.05) is 0 Å². The van der Waals surface area contributed by atoms with Crippen molar-refractivity contribution < 1.29 is 9.53 Å². The third-order valence-corrected chi connectivity index (χ3v) is 2.43. The molecule has 74 valence electrons. The Morgan fingerprint density at radius 2 is 2.43 bits per heavy atom. The smallest absolute Gasteiger partial charge is 0.261 e. The maximum absolute atomic E-state index is 11.2. The molecule has 1 atom stereocenters. The predicted octanol–water partition coefficient (Wildman–Crippen LogP) is 1.11. The Bertz CT molecular complexity index is 339. The molecule has 5 heteroatoms. The minimum absolute atomic E-state index is 0.0604. The first-order valence-corrected chi connectivity index (χ1v) is 5.11. The number of nitrogens with zero attached hydrogens (tertiary/aromatic N) is 1. The first kappa shape index (κ1) is 9.45. The minimum atomic E-state index is -0.385. The van der Waals surface area contributed by atoms with Crippen molar-refractivity contribution in [2.45, 2.75) is 12.5 Å². The lowest BCUT2D eigenvalue weighted by Crippen LogP contribution is -2.27. The molecule has 1 aliphatic rings. The Hall–Kier alpha value is -1.10. The highest BCUT2D eigenvalue weighted by atomic mass is 79.9. The van der Waals surface area contributed by atoms with E-state index < -0.39 is 0 Å². The highest BCUT2D eigenvalue weighted by Crippen LogP contribution is 2.15. The third kappa shape index (κ3) is 2.04. The summed E-state index contributed by atoms with van der Waals surface area (Å²) < 4.78 is 6.29. The highest BCUT2D eigenvalue weighted by Gasteiger charge is 2.25. The van der Waals surface area contributed by atoms with Gasteiger partial charge in [0.2, 0.25) is 5.88 Å². The number of carbonyl (C=O) groups excluding carboxylic acids is 1. The van der Waals surface area contributed by atoms with Crippen LogP contribution in [-0.4, -0.2) is 23.5 Å². The molecular weight excluding hydrogens is 248 g/mol. The van der Waals surface area contributed by atoms with E-state index in [1.54, 1.807) is 12.3 Å². The van der Waals surface area contributed by atoms with Gasteiger partial charge in [0, 0.05) is 29.7 Å². The maximum Gasteiger partial charge on any atom is 0.261 e. The van der Waals surface area contributed by atoms with Crippen LogP contribution in [0.1, 0.15) is 6.42 Å². The van der Waals surface area contributed by atoms with Gasteiger partial charge < -0.3 is 10.1 Å². The quantitative estimate of drug-likeness (QED) is 0.863. The summed E-state index contributed by atoms with van der Waals surface area (Å²) in [5.74, 6) is 0.421. The van der Waals surface area contributed by atoms with Gasteiger partial charge in [0.25, 0.3) is 5.91 Å². The van der Waals surface area contributed by atoms with Crippen LogP contribution >= 0.6 is 15.9 Å². The van der Waals surface area contributed by atoms with Crippen molar-refractivity contribution in [1.82, 2.24) is 10.3 Å². The van der Waals surface area contributed by atoms with Crippen LogP contribution in [0.25, 0.3) is 0 Å². The summed E-state index contributed by atoms with van der Waals surface area (Å²) >= 11 is 3.27. The Morgan fingerprint density at radius 3 is 3.00 bits per heavy atom. The molecule has 4 nitrogen and oxygen atoms in total. The molecule has 0 aliphatic carbocycles. The van der Waals surface area contributed by atoms with Gasteiger partial charge in [0.15, 0.2) is 6.10 Å². The van der Waals surface area contributed by atoms with E-state index in [1.807, 2.05) is 6.07 Å². The van der Waals surface area contributed by atoms with Gasteiger partial charge >= 0.3 is 0 Å². The summed E-state index contributed by atoms with van der Waals surface area (Å²) in [5, 5.41) is 2.70. The number of ether oxygens (including phenoxy) is 1. The molecule has 1 aromatic heterocycles. The van der Waals surface area contributed by atoms with E-state index in [4.69, 9.17) is 4.74 Å². The number of pyridine rings is 1. The number of hydrogen-bond acceptors (Lipinski definition) is 3. The minimum Gasteiger partial charge on any atom is -0.464 e. The Kier molecular flexibility index (Phi) is 2.67. The van der Waals surface area contributed by atoms with Crippen molar-refractivity contribution in [2.24, 2.45) is 0 Å². The zero-order valence-electron chi connectivity index (χ0n) is 7.37.